The molecule has 0 aliphatic heterocycles. The van der Waals surface area contributed by atoms with Crippen molar-refractivity contribution in [1.82, 2.24) is 10.9 Å². The van der Waals surface area contributed by atoms with Crippen molar-refractivity contribution in [2.24, 2.45) is 0 Å². The first-order valence-corrected chi connectivity index (χ1v) is 7.81. The maximum absolute atomic E-state index is 14.4. The molecular formula is C16H18F3N3O5. The summed E-state index contributed by atoms with van der Waals surface area (Å²) in [5.74, 6) is -8.21. The summed E-state index contributed by atoms with van der Waals surface area (Å²) in [6, 6.07) is 0. The van der Waals surface area contributed by atoms with E-state index in [-0.39, 0.29) is 0 Å². The number of rotatable bonds is 9. The number of halogens is 3. The van der Waals surface area contributed by atoms with E-state index in [1.54, 1.807) is 0 Å². The lowest BCUT2D eigenvalue weighted by Crippen LogP contribution is -2.30. The number of nitrogens with one attached hydrogen (secondary N) is 2. The highest BCUT2D eigenvalue weighted by Crippen LogP contribution is 2.32. The highest BCUT2D eigenvalue weighted by molar-refractivity contribution is 6.25. The molecule has 1 rings (SSSR count). The quantitative estimate of drug-likeness (QED) is 0.0768. The van der Waals surface area contributed by atoms with E-state index >= 15 is 0 Å². The summed E-state index contributed by atoms with van der Waals surface area (Å²) in [7, 11) is 0.926. The van der Waals surface area contributed by atoms with Crippen LogP contribution in [0.2, 0.25) is 0 Å². The fourth-order valence-corrected chi connectivity index (χ4v) is 2.07. The number of esters is 1. The zero-order valence-electron chi connectivity index (χ0n) is 14.8. The molecule has 11 heteroatoms. The molecule has 0 atom stereocenters. The van der Waals surface area contributed by atoms with Crippen LogP contribution < -0.4 is 10.9 Å². The first-order valence-electron chi connectivity index (χ1n) is 7.81. The number of hydrogen-bond acceptors (Lipinski definition) is 7. The van der Waals surface area contributed by atoms with Crippen molar-refractivity contribution in [3.63, 3.8) is 0 Å². The van der Waals surface area contributed by atoms with Crippen molar-refractivity contribution in [2.75, 3.05) is 13.7 Å². The molecule has 27 heavy (non-hydrogen) atoms. The third-order valence-electron chi connectivity index (χ3n) is 3.55. The van der Waals surface area contributed by atoms with Gasteiger partial charge in [-0.25, -0.2) is 19.0 Å². The number of nitro benzene ring substituents is 1. The van der Waals surface area contributed by atoms with Crippen molar-refractivity contribution >= 4 is 17.4 Å². The first kappa shape index (κ1) is 22.1. The Balaban J connectivity index is 3.47. The van der Waals surface area contributed by atoms with Gasteiger partial charge in [-0.2, -0.15) is 4.39 Å². The number of Topliss-reactive ketones (excluding diaryl/α,β-unsaturated/α-hetero) is 1. The van der Waals surface area contributed by atoms with Crippen LogP contribution in [-0.4, -0.2) is 30.3 Å². The normalized spacial score (nSPS) is 11.3. The van der Waals surface area contributed by atoms with Crippen LogP contribution >= 0.6 is 0 Å². The van der Waals surface area contributed by atoms with Gasteiger partial charge in [0.15, 0.2) is 5.82 Å². The number of methoxy groups -OCH3 is 1. The second-order valence-corrected chi connectivity index (χ2v) is 5.35. The van der Waals surface area contributed by atoms with Crippen LogP contribution in [0.4, 0.5) is 18.9 Å². The Hall–Kier alpha value is -2.95. The lowest BCUT2D eigenvalue weighted by atomic mass is 9.98. The van der Waals surface area contributed by atoms with E-state index in [2.05, 4.69) is 15.6 Å². The number of hydrogen-bond donors (Lipinski definition) is 2. The molecule has 0 amide bonds. The fraction of sp³-hybridized carbons (Fsp3) is 0.375. The molecule has 8 nitrogen and oxygen atoms in total. The molecule has 0 fully saturated rings. The number of carbonyl (C=O) groups excluding carboxylic acids is 2. The second-order valence-electron chi connectivity index (χ2n) is 5.35. The lowest BCUT2D eigenvalue weighted by Gasteiger charge is -2.11. The zero-order chi connectivity index (χ0) is 20.7. The smallest absolute Gasteiger partial charge is 0.343 e. The van der Waals surface area contributed by atoms with Crippen molar-refractivity contribution in [1.29, 1.82) is 0 Å². The highest BCUT2D eigenvalue weighted by atomic mass is 19.2. The van der Waals surface area contributed by atoms with Crippen molar-refractivity contribution < 1.29 is 32.4 Å². The van der Waals surface area contributed by atoms with Gasteiger partial charge in [0.25, 0.3) is 0 Å². The van der Waals surface area contributed by atoms with Gasteiger partial charge in [0.1, 0.15) is 17.0 Å². The monoisotopic (exact) mass is 389 g/mol. The summed E-state index contributed by atoms with van der Waals surface area (Å²) in [5, 5.41) is 11.1. The van der Waals surface area contributed by atoms with Crippen LogP contribution in [0.15, 0.2) is 11.8 Å². The third kappa shape index (κ3) is 4.82. The van der Waals surface area contributed by atoms with E-state index in [0.29, 0.717) is 6.54 Å². The SMILES string of the molecule is CCCCNN/C=C(/C(=O)OC)C(=O)c1c(F)c(C)c(F)c(F)c1[N+](=O)[O-]. The largest absolute Gasteiger partial charge is 0.465 e. The van der Waals surface area contributed by atoms with Crippen LogP contribution in [0.3, 0.4) is 0 Å². The van der Waals surface area contributed by atoms with Gasteiger partial charge < -0.3 is 10.2 Å². The molecule has 0 heterocycles. The van der Waals surface area contributed by atoms with Gasteiger partial charge in [-0.15, -0.1) is 0 Å². The van der Waals surface area contributed by atoms with Crippen LogP contribution in [0, 0.1) is 34.5 Å². The van der Waals surface area contributed by atoms with Gasteiger partial charge in [0, 0.05) is 18.3 Å². The minimum Gasteiger partial charge on any atom is -0.465 e. The topological polar surface area (TPSA) is 111 Å². The van der Waals surface area contributed by atoms with Crippen molar-refractivity contribution in [2.45, 2.75) is 26.7 Å². The average Bonchev–Trinajstić information content (AvgIpc) is 2.64. The number of unbranched alkanes of at least 4 members (excludes halogenated alkanes) is 1. The van der Waals surface area contributed by atoms with Crippen molar-refractivity contribution in [3.8, 4) is 0 Å². The van der Waals surface area contributed by atoms with E-state index in [1.807, 2.05) is 6.92 Å². The Morgan fingerprint density at radius 1 is 1.22 bits per heavy atom. The molecule has 1 aromatic carbocycles. The molecule has 0 aliphatic carbocycles. The van der Waals surface area contributed by atoms with E-state index in [1.165, 1.54) is 0 Å². The van der Waals surface area contributed by atoms with Gasteiger partial charge in [-0.1, -0.05) is 13.3 Å². The minimum absolute atomic E-state index is 0.453. The molecule has 0 saturated heterocycles. The maximum atomic E-state index is 14.4. The van der Waals surface area contributed by atoms with E-state index in [9.17, 15) is 32.9 Å². The minimum atomic E-state index is -2.00. The number of ketones is 1. The van der Waals surface area contributed by atoms with Crippen LogP contribution in [0.5, 0.6) is 0 Å². The van der Waals surface area contributed by atoms with E-state index < -0.39 is 56.5 Å². The van der Waals surface area contributed by atoms with Gasteiger partial charge in [-0.3, -0.25) is 14.9 Å². The standard InChI is InChI=1S/C16H18F3N3O5/c1-4-5-6-20-21-7-9(16(24)27-3)15(23)10-11(17)8(2)12(18)13(19)14(10)22(25)26/h7,20-21H,4-6H2,1-3H3/b9-7+. The molecule has 148 valence electrons. The number of carbonyl (C=O) groups is 2. The summed E-state index contributed by atoms with van der Waals surface area (Å²) in [5.41, 5.74) is 0.198. The molecule has 2 N–H and O–H groups in total. The maximum Gasteiger partial charge on any atom is 0.343 e. The summed E-state index contributed by atoms with van der Waals surface area (Å²) in [6.45, 7) is 3.18. The molecule has 0 unspecified atom stereocenters. The van der Waals surface area contributed by atoms with Gasteiger partial charge in [0.05, 0.1) is 12.0 Å². The molecular weight excluding hydrogens is 371 g/mol. The van der Waals surface area contributed by atoms with Crippen molar-refractivity contribution in [3.05, 3.63) is 50.5 Å². The van der Waals surface area contributed by atoms with E-state index in [0.717, 1.165) is 33.1 Å². The Morgan fingerprint density at radius 2 is 1.85 bits per heavy atom. The molecule has 0 spiro atoms. The van der Waals surface area contributed by atoms with E-state index in [4.69, 9.17) is 0 Å². The molecule has 0 radical (unpaired) electrons. The van der Waals surface area contributed by atoms with Crippen LogP contribution in [0.25, 0.3) is 0 Å². The Labute approximate surface area is 152 Å². The molecule has 0 aromatic heterocycles. The molecule has 0 saturated carbocycles. The van der Waals surface area contributed by atoms with Crippen LogP contribution in [-0.2, 0) is 9.53 Å². The van der Waals surface area contributed by atoms with Gasteiger partial charge >= 0.3 is 11.7 Å². The number of nitro groups is 1. The number of ether oxygens (including phenoxy) is 1. The van der Waals surface area contributed by atoms with Gasteiger partial charge in [-0.05, 0) is 13.3 Å². The number of hydrazine groups is 1. The highest BCUT2D eigenvalue weighted by Gasteiger charge is 2.37. The first-order chi connectivity index (χ1) is 12.7. The zero-order valence-corrected chi connectivity index (χ0v) is 14.8. The Morgan fingerprint density at radius 3 is 2.37 bits per heavy atom. The molecule has 1 aromatic rings. The summed E-state index contributed by atoms with van der Waals surface area (Å²) in [4.78, 5) is 34.0. The number of benzene rings is 1. The summed E-state index contributed by atoms with van der Waals surface area (Å²) < 4.78 is 46.4. The predicted molar refractivity (Wildman–Crippen MR) is 88.2 cm³/mol. The third-order valence-corrected chi connectivity index (χ3v) is 3.55. The second kappa shape index (κ2) is 9.67. The Bertz CT molecular complexity index is 796. The van der Waals surface area contributed by atoms with Crippen LogP contribution in [0.1, 0.15) is 35.7 Å². The molecule has 0 bridgehead atoms. The lowest BCUT2D eigenvalue weighted by molar-refractivity contribution is -0.388. The van der Waals surface area contributed by atoms with Gasteiger partial charge in [0.2, 0.25) is 11.6 Å². The Kier molecular flexibility index (Phi) is 7.91. The fourth-order valence-electron chi connectivity index (χ4n) is 2.07. The summed E-state index contributed by atoms with van der Waals surface area (Å²) in [6.07, 6.45) is 2.42. The predicted octanol–water partition coefficient (Wildman–Crippen LogP) is 2.45. The number of nitrogens with zero attached hydrogens (tertiary/aromatic N) is 1. The summed E-state index contributed by atoms with van der Waals surface area (Å²) >= 11 is 0. The average molecular weight is 389 g/mol. The molecule has 0 aliphatic rings.